The molecule has 2 aromatic carbocycles. The number of alkyl halides is 2. The van der Waals surface area contributed by atoms with Gasteiger partial charge in [-0.3, -0.25) is 0 Å². The van der Waals surface area contributed by atoms with E-state index >= 15 is 0 Å². The molecule has 2 aromatic rings. The van der Waals surface area contributed by atoms with Gasteiger partial charge >= 0.3 is 0 Å². The van der Waals surface area contributed by atoms with Crippen LogP contribution >= 0.6 is 27.5 Å². The van der Waals surface area contributed by atoms with Gasteiger partial charge < -0.3 is 0 Å². The SMILES string of the molecule is CB(c1ccccc1)c1cccc(CC(Br)CCl)c1. The summed E-state index contributed by atoms with van der Waals surface area (Å²) in [4.78, 5) is 0.344. The number of halogens is 2. The molecular weight excluding hydrogens is 318 g/mol. The van der Waals surface area contributed by atoms with Crippen LogP contribution in [0.15, 0.2) is 54.6 Å². The number of hydrogen-bond acceptors (Lipinski definition) is 0. The molecule has 0 aromatic heterocycles. The Morgan fingerprint density at radius 2 is 1.74 bits per heavy atom. The van der Waals surface area contributed by atoms with Gasteiger partial charge in [-0.05, 0) is 12.0 Å². The standard InChI is InChI=1S/C16H17BBrCl/c1-17(14-7-3-2-4-8-14)15-9-5-6-13(10-15)11-16(18)12-19/h2-10,16H,11-12H2,1H3. The minimum absolute atomic E-state index is 0.344. The molecule has 2 rings (SSSR count). The van der Waals surface area contributed by atoms with Gasteiger partial charge in [-0.1, -0.05) is 88.3 Å². The first kappa shape index (κ1) is 14.7. The third-order valence-corrected chi connectivity index (χ3v) is 4.77. The lowest BCUT2D eigenvalue weighted by molar-refractivity contribution is 0.967. The summed E-state index contributed by atoms with van der Waals surface area (Å²) in [6.07, 6.45) is 0.971. The lowest BCUT2D eigenvalue weighted by atomic mass is 9.42. The van der Waals surface area contributed by atoms with Gasteiger partial charge in [0.15, 0.2) is 0 Å². The Morgan fingerprint density at radius 3 is 2.42 bits per heavy atom. The molecule has 0 aliphatic heterocycles. The highest BCUT2D eigenvalue weighted by Gasteiger charge is 2.13. The number of hydrogen-bond donors (Lipinski definition) is 0. The molecule has 0 heterocycles. The zero-order valence-electron chi connectivity index (χ0n) is 11.0. The lowest BCUT2D eigenvalue weighted by Gasteiger charge is -2.12. The molecule has 1 unspecified atom stereocenters. The predicted octanol–water partition coefficient (Wildman–Crippen LogP) is 3.47. The van der Waals surface area contributed by atoms with Crippen LogP contribution in [0.1, 0.15) is 5.56 Å². The van der Waals surface area contributed by atoms with Crippen molar-refractivity contribution in [2.45, 2.75) is 18.1 Å². The molecule has 0 spiro atoms. The van der Waals surface area contributed by atoms with Crippen LogP contribution < -0.4 is 10.9 Å². The first-order valence-electron chi connectivity index (χ1n) is 6.54. The fraction of sp³-hybridized carbons (Fsp3) is 0.250. The monoisotopic (exact) mass is 334 g/mol. The van der Waals surface area contributed by atoms with Crippen LogP contribution in [0.4, 0.5) is 0 Å². The van der Waals surface area contributed by atoms with Crippen molar-refractivity contribution in [3.8, 4) is 0 Å². The summed E-state index contributed by atoms with van der Waals surface area (Å²) in [5.41, 5.74) is 4.05. The quantitative estimate of drug-likeness (QED) is 0.580. The van der Waals surface area contributed by atoms with E-state index in [4.69, 9.17) is 11.6 Å². The summed E-state index contributed by atoms with van der Waals surface area (Å²) in [5, 5.41) is 0. The molecule has 98 valence electrons. The van der Waals surface area contributed by atoms with Crippen molar-refractivity contribution in [3.63, 3.8) is 0 Å². The van der Waals surface area contributed by atoms with Crippen molar-refractivity contribution in [2.75, 3.05) is 5.88 Å². The van der Waals surface area contributed by atoms with Crippen molar-refractivity contribution >= 4 is 45.2 Å². The number of rotatable bonds is 5. The second-order valence-corrected chi connectivity index (χ2v) is 6.44. The highest BCUT2D eigenvalue weighted by atomic mass is 79.9. The van der Waals surface area contributed by atoms with E-state index < -0.39 is 0 Å². The topological polar surface area (TPSA) is 0 Å². The third kappa shape index (κ3) is 4.12. The number of benzene rings is 2. The first-order chi connectivity index (χ1) is 9.20. The van der Waals surface area contributed by atoms with Crippen LogP contribution in [0.3, 0.4) is 0 Å². The molecule has 0 aliphatic rings. The van der Waals surface area contributed by atoms with Gasteiger partial charge in [-0.15, -0.1) is 11.6 Å². The average molecular weight is 335 g/mol. The Balaban J connectivity index is 2.19. The summed E-state index contributed by atoms with van der Waals surface area (Å²) in [5.74, 6) is 0.637. The van der Waals surface area contributed by atoms with E-state index in [1.54, 1.807) is 0 Å². The molecule has 0 amide bonds. The van der Waals surface area contributed by atoms with E-state index in [1.165, 1.54) is 16.5 Å². The Hall–Kier alpha value is -0.725. The normalized spacial score (nSPS) is 12.2. The van der Waals surface area contributed by atoms with E-state index in [0.29, 0.717) is 17.4 Å². The van der Waals surface area contributed by atoms with Crippen LogP contribution in [0, 0.1) is 0 Å². The van der Waals surface area contributed by atoms with Crippen LogP contribution in [0.5, 0.6) is 0 Å². The Morgan fingerprint density at radius 1 is 1.05 bits per heavy atom. The van der Waals surface area contributed by atoms with Crippen LogP contribution in [-0.4, -0.2) is 17.4 Å². The molecule has 0 N–H and O–H groups in total. The predicted molar refractivity (Wildman–Crippen MR) is 90.9 cm³/mol. The minimum Gasteiger partial charge on any atom is -0.125 e. The van der Waals surface area contributed by atoms with Gasteiger partial charge in [-0.2, -0.15) is 0 Å². The zero-order chi connectivity index (χ0) is 13.7. The zero-order valence-corrected chi connectivity index (χ0v) is 13.4. The van der Waals surface area contributed by atoms with E-state index in [0.717, 1.165) is 6.42 Å². The molecule has 0 nitrogen and oxygen atoms in total. The molecule has 0 bridgehead atoms. The molecule has 0 aliphatic carbocycles. The van der Waals surface area contributed by atoms with Crippen LogP contribution in [0.25, 0.3) is 0 Å². The van der Waals surface area contributed by atoms with Gasteiger partial charge in [-0.25, -0.2) is 0 Å². The van der Waals surface area contributed by atoms with Gasteiger partial charge in [0, 0.05) is 10.7 Å². The maximum atomic E-state index is 5.85. The molecule has 0 radical (unpaired) electrons. The summed E-state index contributed by atoms with van der Waals surface area (Å²) < 4.78 is 0. The summed E-state index contributed by atoms with van der Waals surface area (Å²) in [6.45, 7) is 2.67. The van der Waals surface area contributed by atoms with Gasteiger partial charge in [0.2, 0.25) is 6.71 Å². The summed E-state index contributed by atoms with van der Waals surface area (Å²) >= 11 is 9.44. The van der Waals surface area contributed by atoms with Crippen molar-refractivity contribution in [1.82, 2.24) is 0 Å². The minimum atomic E-state index is 0.344. The molecule has 3 heteroatoms. The second kappa shape index (κ2) is 7.16. The Labute approximate surface area is 129 Å². The molecule has 0 fully saturated rings. The molecule has 1 atom stereocenters. The molecule has 0 saturated carbocycles. The Bertz CT molecular complexity index is 515. The van der Waals surface area contributed by atoms with E-state index in [2.05, 4.69) is 77.4 Å². The molecule has 19 heavy (non-hydrogen) atoms. The average Bonchev–Trinajstić information content (AvgIpc) is 2.47. The van der Waals surface area contributed by atoms with Crippen molar-refractivity contribution in [2.24, 2.45) is 0 Å². The first-order valence-corrected chi connectivity index (χ1v) is 7.99. The summed E-state index contributed by atoms with van der Waals surface area (Å²) in [7, 11) is 0. The van der Waals surface area contributed by atoms with E-state index in [1.807, 2.05) is 0 Å². The second-order valence-electron chi connectivity index (χ2n) is 4.83. The smallest absolute Gasteiger partial charge is 0.125 e. The van der Waals surface area contributed by atoms with Gasteiger partial charge in [0.1, 0.15) is 0 Å². The van der Waals surface area contributed by atoms with Gasteiger partial charge in [0.05, 0.1) is 0 Å². The fourth-order valence-corrected chi connectivity index (χ4v) is 2.72. The third-order valence-electron chi connectivity index (χ3n) is 3.38. The largest absolute Gasteiger partial charge is 0.206 e. The van der Waals surface area contributed by atoms with Crippen LogP contribution in [-0.2, 0) is 6.42 Å². The van der Waals surface area contributed by atoms with Crippen molar-refractivity contribution in [1.29, 1.82) is 0 Å². The van der Waals surface area contributed by atoms with Crippen molar-refractivity contribution < 1.29 is 0 Å². The molecular formula is C16H17BBrCl. The maximum absolute atomic E-state index is 5.85. The van der Waals surface area contributed by atoms with E-state index in [9.17, 15) is 0 Å². The van der Waals surface area contributed by atoms with Gasteiger partial charge in [0.25, 0.3) is 0 Å². The highest BCUT2D eigenvalue weighted by molar-refractivity contribution is 9.09. The lowest BCUT2D eigenvalue weighted by Crippen LogP contribution is -2.39. The van der Waals surface area contributed by atoms with Crippen LogP contribution in [0.2, 0.25) is 6.82 Å². The molecule has 0 saturated heterocycles. The fourth-order valence-electron chi connectivity index (χ4n) is 2.23. The maximum Gasteiger partial charge on any atom is 0.206 e. The highest BCUT2D eigenvalue weighted by Crippen LogP contribution is 2.10. The van der Waals surface area contributed by atoms with Crippen molar-refractivity contribution in [3.05, 3.63) is 60.2 Å². The summed E-state index contributed by atoms with van der Waals surface area (Å²) in [6, 6.07) is 19.4. The Kier molecular flexibility index (Phi) is 5.53. The van der Waals surface area contributed by atoms with E-state index in [-0.39, 0.29) is 0 Å².